The molecule has 3 N–H and O–H groups in total. The van der Waals surface area contributed by atoms with Crippen LogP contribution in [0.1, 0.15) is 48.0 Å². The first kappa shape index (κ1) is 23.6. The monoisotopic (exact) mass is 473 g/mol. The van der Waals surface area contributed by atoms with Gasteiger partial charge >= 0.3 is 0 Å². The molecular weight excluding hydrogens is 442 g/mol. The predicted octanol–water partition coefficient (Wildman–Crippen LogP) is 1.45. The fourth-order valence-corrected chi connectivity index (χ4v) is 6.05. The molecule has 2 saturated heterocycles. The molecule has 10 nitrogen and oxygen atoms in total. The standard InChI is InChI=1S/C22H31N7O3S/c1-17-7-8-20(12-21(17)33(31,32)28-10-3-2-4-11-28)29(27-9-5-6-19(23)15-27)26-22(30)18-13-24-16-25-14-18/h7-8,12-14,16,19H,2-6,9-11,15,23H2,1H3,(H,26,30)/t19-/m0/s1. The van der Waals surface area contributed by atoms with Gasteiger partial charge in [-0.3, -0.25) is 4.79 Å². The molecule has 1 atom stereocenters. The van der Waals surface area contributed by atoms with Crippen molar-refractivity contribution in [2.24, 2.45) is 5.73 Å². The number of hydrogen-bond acceptors (Lipinski definition) is 8. The Morgan fingerprint density at radius 1 is 1.12 bits per heavy atom. The Morgan fingerprint density at radius 3 is 2.55 bits per heavy atom. The van der Waals surface area contributed by atoms with Gasteiger partial charge in [0, 0.05) is 44.6 Å². The lowest BCUT2D eigenvalue weighted by molar-refractivity contribution is 0.0879. The number of anilines is 1. The van der Waals surface area contributed by atoms with Gasteiger partial charge in [0.1, 0.15) is 6.33 Å². The Labute approximate surface area is 194 Å². The second-order valence-corrected chi connectivity index (χ2v) is 10.5. The minimum Gasteiger partial charge on any atom is -0.326 e. The van der Waals surface area contributed by atoms with Gasteiger partial charge in [-0.1, -0.05) is 12.5 Å². The van der Waals surface area contributed by atoms with Gasteiger partial charge in [-0.05, 0) is 50.3 Å². The first-order chi connectivity index (χ1) is 15.9. The van der Waals surface area contributed by atoms with Crippen LogP contribution in [0.4, 0.5) is 5.69 Å². The van der Waals surface area contributed by atoms with Gasteiger partial charge < -0.3 is 5.73 Å². The van der Waals surface area contributed by atoms with E-state index in [1.54, 1.807) is 28.5 Å². The highest BCUT2D eigenvalue weighted by Gasteiger charge is 2.30. The molecule has 0 bridgehead atoms. The SMILES string of the molecule is Cc1ccc(N(NC(=O)c2cncnc2)N2CCC[C@H](N)C2)cc1S(=O)(=O)N1CCCCC1. The van der Waals surface area contributed by atoms with Crippen LogP contribution in [-0.2, 0) is 10.0 Å². The average Bonchev–Trinajstić information content (AvgIpc) is 2.84. The van der Waals surface area contributed by atoms with Crippen LogP contribution in [0.2, 0.25) is 0 Å². The fraction of sp³-hybridized carbons (Fsp3) is 0.500. The first-order valence-electron chi connectivity index (χ1n) is 11.3. The molecule has 1 amide bonds. The molecule has 3 heterocycles. The number of aromatic nitrogens is 2. The Kier molecular flexibility index (Phi) is 7.23. The van der Waals surface area contributed by atoms with E-state index >= 15 is 0 Å². The van der Waals surface area contributed by atoms with Crippen molar-refractivity contribution in [2.45, 2.75) is 50.0 Å². The van der Waals surface area contributed by atoms with Crippen molar-refractivity contribution in [2.75, 3.05) is 31.3 Å². The highest BCUT2D eigenvalue weighted by Crippen LogP contribution is 2.28. The topological polar surface area (TPSA) is 125 Å². The van der Waals surface area contributed by atoms with E-state index in [-0.39, 0.29) is 10.9 Å². The van der Waals surface area contributed by atoms with Gasteiger partial charge in [0.2, 0.25) is 10.0 Å². The molecule has 2 fully saturated rings. The Hall–Kier alpha value is -2.60. The molecule has 11 heteroatoms. The van der Waals surface area contributed by atoms with Crippen molar-refractivity contribution in [3.05, 3.63) is 48.0 Å². The number of carbonyl (C=O) groups is 1. The van der Waals surface area contributed by atoms with Crippen LogP contribution in [0.5, 0.6) is 0 Å². The van der Waals surface area contributed by atoms with E-state index in [1.807, 2.05) is 11.1 Å². The molecule has 2 aromatic rings. The fourth-order valence-electron chi connectivity index (χ4n) is 4.29. The molecule has 0 spiro atoms. The van der Waals surface area contributed by atoms with Crippen molar-refractivity contribution in [3.63, 3.8) is 0 Å². The normalized spacial score (nSPS) is 20.4. The molecule has 178 valence electrons. The van der Waals surface area contributed by atoms with Gasteiger partial charge in [-0.25, -0.2) is 33.9 Å². The van der Waals surface area contributed by atoms with Crippen LogP contribution >= 0.6 is 0 Å². The molecule has 2 aliphatic rings. The second kappa shape index (κ2) is 10.1. The number of nitrogens with zero attached hydrogens (tertiary/aromatic N) is 5. The molecular formula is C22H31N7O3S. The average molecular weight is 474 g/mol. The number of nitrogens with two attached hydrogens (primary N) is 1. The van der Waals surface area contributed by atoms with E-state index in [9.17, 15) is 13.2 Å². The third kappa shape index (κ3) is 5.32. The number of sulfonamides is 1. The molecule has 4 rings (SSSR count). The van der Waals surface area contributed by atoms with E-state index in [2.05, 4.69) is 15.4 Å². The molecule has 1 aromatic heterocycles. The zero-order valence-corrected chi connectivity index (χ0v) is 19.7. The van der Waals surface area contributed by atoms with Crippen LogP contribution in [0.25, 0.3) is 0 Å². The maximum absolute atomic E-state index is 13.4. The molecule has 0 saturated carbocycles. The van der Waals surface area contributed by atoms with Gasteiger partial charge in [0.25, 0.3) is 5.91 Å². The van der Waals surface area contributed by atoms with E-state index < -0.39 is 15.9 Å². The summed E-state index contributed by atoms with van der Waals surface area (Å²) >= 11 is 0. The third-order valence-electron chi connectivity index (χ3n) is 6.10. The van der Waals surface area contributed by atoms with Gasteiger partial charge in [-0.2, -0.15) is 4.31 Å². The van der Waals surface area contributed by atoms with Crippen LogP contribution in [-0.4, -0.2) is 65.8 Å². The van der Waals surface area contributed by atoms with E-state index in [0.717, 1.165) is 32.1 Å². The van der Waals surface area contributed by atoms with Gasteiger partial charge in [0.15, 0.2) is 0 Å². The van der Waals surface area contributed by atoms with Crippen molar-refractivity contribution in [1.82, 2.24) is 24.7 Å². The largest absolute Gasteiger partial charge is 0.326 e. The summed E-state index contributed by atoms with van der Waals surface area (Å²) in [5, 5.41) is 3.56. The van der Waals surface area contributed by atoms with Crippen LogP contribution in [0, 0.1) is 6.92 Å². The smallest absolute Gasteiger partial charge is 0.274 e. The Morgan fingerprint density at radius 2 is 1.85 bits per heavy atom. The quantitative estimate of drug-likeness (QED) is 0.604. The van der Waals surface area contributed by atoms with Crippen molar-refractivity contribution in [3.8, 4) is 0 Å². The number of rotatable bonds is 6. The molecule has 0 unspecified atom stereocenters. The van der Waals surface area contributed by atoms with Crippen molar-refractivity contribution >= 4 is 21.6 Å². The van der Waals surface area contributed by atoms with Crippen molar-refractivity contribution in [1.29, 1.82) is 0 Å². The maximum Gasteiger partial charge on any atom is 0.274 e. The number of benzene rings is 1. The van der Waals surface area contributed by atoms with Crippen molar-refractivity contribution < 1.29 is 13.2 Å². The molecule has 2 aliphatic heterocycles. The third-order valence-corrected chi connectivity index (χ3v) is 8.14. The van der Waals surface area contributed by atoms with E-state index in [0.29, 0.717) is 43.0 Å². The van der Waals surface area contributed by atoms with E-state index in [4.69, 9.17) is 5.73 Å². The summed E-state index contributed by atoms with van der Waals surface area (Å²) in [6.45, 7) is 4.07. The van der Waals surface area contributed by atoms with Crippen LogP contribution < -0.4 is 16.3 Å². The number of hydrogen-bond donors (Lipinski definition) is 2. The van der Waals surface area contributed by atoms with Crippen LogP contribution in [0.15, 0.2) is 41.8 Å². The minimum absolute atomic E-state index is 0.0415. The minimum atomic E-state index is -3.64. The zero-order chi connectivity index (χ0) is 23.4. The van der Waals surface area contributed by atoms with Gasteiger partial charge in [-0.15, -0.1) is 0 Å². The number of hydrazine groups is 2. The summed E-state index contributed by atoms with van der Waals surface area (Å²) in [6.07, 6.45) is 8.77. The lowest BCUT2D eigenvalue weighted by atomic mass is 10.1. The molecule has 0 aliphatic carbocycles. The second-order valence-electron chi connectivity index (χ2n) is 8.61. The number of aryl methyl sites for hydroxylation is 1. The highest BCUT2D eigenvalue weighted by molar-refractivity contribution is 7.89. The zero-order valence-electron chi connectivity index (χ0n) is 18.9. The summed E-state index contributed by atoms with van der Waals surface area (Å²) in [6, 6.07) is 5.19. The summed E-state index contributed by atoms with van der Waals surface area (Å²) < 4.78 is 28.4. The molecule has 1 aromatic carbocycles. The van der Waals surface area contributed by atoms with Crippen LogP contribution in [0.3, 0.4) is 0 Å². The highest BCUT2D eigenvalue weighted by atomic mass is 32.2. The summed E-state index contributed by atoms with van der Waals surface area (Å²) in [4.78, 5) is 21.0. The lowest BCUT2D eigenvalue weighted by Crippen LogP contribution is -2.58. The summed E-state index contributed by atoms with van der Waals surface area (Å²) in [5.74, 6) is -0.393. The van der Waals surface area contributed by atoms with E-state index in [1.165, 1.54) is 18.7 Å². The maximum atomic E-state index is 13.4. The number of amides is 1. The first-order valence-corrected chi connectivity index (χ1v) is 12.8. The molecule has 33 heavy (non-hydrogen) atoms. The van der Waals surface area contributed by atoms with Gasteiger partial charge in [0.05, 0.1) is 16.1 Å². The molecule has 0 radical (unpaired) electrons. The summed E-state index contributed by atoms with van der Waals surface area (Å²) in [5.41, 5.74) is 10.6. The number of nitrogens with one attached hydrogen (secondary N) is 1. The predicted molar refractivity (Wildman–Crippen MR) is 125 cm³/mol. The summed E-state index contributed by atoms with van der Waals surface area (Å²) in [7, 11) is -3.64. The number of piperidine rings is 2. The number of carbonyl (C=O) groups excluding carboxylic acids is 1. The Bertz CT molecular complexity index is 1070. The lowest BCUT2D eigenvalue weighted by Gasteiger charge is -2.40. The Balaban J connectivity index is 1.69.